The smallest absolute Gasteiger partial charge is 0.287 e. The molecule has 27 heavy (non-hydrogen) atoms. The average Bonchev–Trinajstić information content (AvgIpc) is 3.39. The highest BCUT2D eigenvalue weighted by atomic mass is 32.2. The number of amides is 2. The summed E-state index contributed by atoms with van der Waals surface area (Å²) in [5.74, 6) is -0.731. The standard InChI is InChI=1S/C17H21N3O5S2/c21-16(18-7-8-19-17(22)14-5-2-10-25-14)13-4-1-9-20(12-13)27(23,24)15-6-3-11-26-15/h2-3,5-6,10-11,13H,1,4,7-9,12H2,(H,18,21)(H,19,22). The van der Waals surface area contributed by atoms with Gasteiger partial charge in [-0.15, -0.1) is 11.3 Å². The summed E-state index contributed by atoms with van der Waals surface area (Å²) >= 11 is 1.17. The largest absolute Gasteiger partial charge is 0.459 e. The Morgan fingerprint density at radius 3 is 2.74 bits per heavy atom. The van der Waals surface area contributed by atoms with Gasteiger partial charge < -0.3 is 15.1 Å². The fraction of sp³-hybridized carbons (Fsp3) is 0.412. The van der Waals surface area contributed by atoms with Crippen molar-refractivity contribution in [1.82, 2.24) is 14.9 Å². The van der Waals surface area contributed by atoms with Crippen molar-refractivity contribution in [3.63, 3.8) is 0 Å². The van der Waals surface area contributed by atoms with Crippen LogP contribution in [0.5, 0.6) is 0 Å². The number of nitrogens with one attached hydrogen (secondary N) is 2. The van der Waals surface area contributed by atoms with Gasteiger partial charge in [-0.25, -0.2) is 8.42 Å². The van der Waals surface area contributed by atoms with E-state index in [9.17, 15) is 18.0 Å². The first kappa shape index (κ1) is 19.6. The van der Waals surface area contributed by atoms with Gasteiger partial charge in [-0.05, 0) is 36.4 Å². The molecule has 1 unspecified atom stereocenters. The summed E-state index contributed by atoms with van der Waals surface area (Å²) in [7, 11) is -3.54. The molecule has 0 radical (unpaired) electrons. The average molecular weight is 412 g/mol. The zero-order chi connectivity index (χ0) is 19.3. The fourth-order valence-corrected chi connectivity index (χ4v) is 5.58. The summed E-state index contributed by atoms with van der Waals surface area (Å²) in [5.41, 5.74) is 0. The van der Waals surface area contributed by atoms with Crippen LogP contribution in [0.3, 0.4) is 0 Å². The van der Waals surface area contributed by atoms with E-state index >= 15 is 0 Å². The van der Waals surface area contributed by atoms with E-state index < -0.39 is 15.9 Å². The highest BCUT2D eigenvalue weighted by Crippen LogP contribution is 2.26. The van der Waals surface area contributed by atoms with Crippen molar-refractivity contribution < 1.29 is 22.4 Å². The first-order chi connectivity index (χ1) is 13.0. The monoisotopic (exact) mass is 411 g/mol. The summed E-state index contributed by atoms with van der Waals surface area (Å²) < 4.78 is 31.9. The molecule has 1 fully saturated rings. The molecule has 0 bridgehead atoms. The second kappa shape index (κ2) is 8.68. The molecule has 2 N–H and O–H groups in total. The third-order valence-corrected chi connectivity index (χ3v) is 7.54. The minimum absolute atomic E-state index is 0.171. The SMILES string of the molecule is O=C(NCCNC(=O)C1CCCN(S(=O)(=O)c2cccs2)C1)c1ccco1. The van der Waals surface area contributed by atoms with Crippen molar-refractivity contribution in [1.29, 1.82) is 0 Å². The Balaban J connectivity index is 1.46. The molecular weight excluding hydrogens is 390 g/mol. The third kappa shape index (κ3) is 4.76. The van der Waals surface area contributed by atoms with E-state index in [-0.39, 0.29) is 37.2 Å². The van der Waals surface area contributed by atoms with Crippen LogP contribution in [0.25, 0.3) is 0 Å². The molecule has 1 atom stereocenters. The van der Waals surface area contributed by atoms with Gasteiger partial charge in [-0.1, -0.05) is 6.07 Å². The zero-order valence-corrected chi connectivity index (χ0v) is 16.2. The third-order valence-electron chi connectivity index (χ3n) is 4.30. The minimum atomic E-state index is -3.54. The maximum Gasteiger partial charge on any atom is 0.287 e. The molecule has 3 rings (SSSR count). The molecule has 2 aromatic rings. The first-order valence-corrected chi connectivity index (χ1v) is 10.9. The van der Waals surface area contributed by atoms with Crippen LogP contribution < -0.4 is 10.6 Å². The molecule has 8 nitrogen and oxygen atoms in total. The Labute approximate surface area is 161 Å². The lowest BCUT2D eigenvalue weighted by Gasteiger charge is -2.30. The number of furan rings is 1. The topological polar surface area (TPSA) is 109 Å². The molecule has 1 aliphatic rings. The number of hydrogen-bond acceptors (Lipinski definition) is 6. The Bertz CT molecular complexity index is 863. The Morgan fingerprint density at radius 2 is 2.04 bits per heavy atom. The number of piperidine rings is 1. The van der Waals surface area contributed by atoms with Crippen molar-refractivity contribution in [3.05, 3.63) is 41.7 Å². The fourth-order valence-electron chi connectivity index (χ4n) is 2.91. The van der Waals surface area contributed by atoms with Gasteiger partial charge in [-0.3, -0.25) is 9.59 Å². The van der Waals surface area contributed by atoms with Crippen LogP contribution >= 0.6 is 11.3 Å². The van der Waals surface area contributed by atoms with Gasteiger partial charge in [0.1, 0.15) is 4.21 Å². The highest BCUT2D eigenvalue weighted by Gasteiger charge is 2.33. The van der Waals surface area contributed by atoms with Crippen LogP contribution in [-0.2, 0) is 14.8 Å². The van der Waals surface area contributed by atoms with Crippen molar-refractivity contribution in [2.45, 2.75) is 17.1 Å². The second-order valence-electron chi connectivity index (χ2n) is 6.16. The first-order valence-electron chi connectivity index (χ1n) is 8.61. The molecule has 10 heteroatoms. The van der Waals surface area contributed by atoms with Gasteiger partial charge in [0.2, 0.25) is 5.91 Å². The maximum atomic E-state index is 12.6. The van der Waals surface area contributed by atoms with Crippen molar-refractivity contribution in [2.24, 2.45) is 5.92 Å². The molecule has 146 valence electrons. The predicted molar refractivity (Wildman–Crippen MR) is 99.9 cm³/mol. The summed E-state index contributed by atoms with van der Waals surface area (Å²) in [6.45, 7) is 1.11. The van der Waals surface area contributed by atoms with E-state index in [4.69, 9.17) is 4.42 Å². The molecule has 0 aromatic carbocycles. The van der Waals surface area contributed by atoms with E-state index in [1.165, 1.54) is 21.9 Å². The summed E-state index contributed by atoms with van der Waals surface area (Å²) in [4.78, 5) is 24.1. The molecular formula is C17H21N3O5S2. The van der Waals surface area contributed by atoms with Crippen molar-refractivity contribution >= 4 is 33.2 Å². The van der Waals surface area contributed by atoms with Crippen LogP contribution in [0.2, 0.25) is 0 Å². The lowest BCUT2D eigenvalue weighted by Crippen LogP contribution is -2.46. The number of thiophene rings is 1. The predicted octanol–water partition coefficient (Wildman–Crippen LogP) is 1.29. The highest BCUT2D eigenvalue weighted by molar-refractivity contribution is 7.91. The van der Waals surface area contributed by atoms with Crippen LogP contribution in [0, 0.1) is 5.92 Å². The summed E-state index contributed by atoms with van der Waals surface area (Å²) in [6.07, 6.45) is 2.69. The van der Waals surface area contributed by atoms with Gasteiger partial charge >= 0.3 is 0 Å². The molecule has 1 aliphatic heterocycles. The molecule has 0 spiro atoms. The Hall–Kier alpha value is -2.17. The molecule has 0 aliphatic carbocycles. The van der Waals surface area contributed by atoms with Gasteiger partial charge in [0.05, 0.1) is 12.2 Å². The zero-order valence-electron chi connectivity index (χ0n) is 14.6. The molecule has 1 saturated heterocycles. The number of sulfonamides is 1. The second-order valence-corrected chi connectivity index (χ2v) is 9.27. The lowest BCUT2D eigenvalue weighted by molar-refractivity contribution is -0.126. The number of nitrogens with zero attached hydrogens (tertiary/aromatic N) is 1. The molecule has 2 aromatic heterocycles. The molecule has 3 heterocycles. The Kier molecular flexibility index (Phi) is 6.30. The number of rotatable bonds is 7. The van der Waals surface area contributed by atoms with E-state index in [0.717, 1.165) is 0 Å². The van der Waals surface area contributed by atoms with Crippen LogP contribution in [-0.4, -0.2) is 50.7 Å². The van der Waals surface area contributed by atoms with Crippen LogP contribution in [0.1, 0.15) is 23.4 Å². The maximum absolute atomic E-state index is 12.6. The molecule has 2 amide bonds. The van der Waals surface area contributed by atoms with Gasteiger partial charge in [0, 0.05) is 26.2 Å². The van der Waals surface area contributed by atoms with Gasteiger partial charge in [0.15, 0.2) is 5.76 Å². The van der Waals surface area contributed by atoms with Crippen molar-refractivity contribution in [2.75, 3.05) is 26.2 Å². The molecule has 0 saturated carbocycles. The van der Waals surface area contributed by atoms with Gasteiger partial charge in [0.25, 0.3) is 15.9 Å². The normalized spacial score (nSPS) is 18.1. The van der Waals surface area contributed by atoms with E-state index in [0.29, 0.717) is 23.6 Å². The van der Waals surface area contributed by atoms with E-state index in [2.05, 4.69) is 10.6 Å². The van der Waals surface area contributed by atoms with Gasteiger partial charge in [-0.2, -0.15) is 4.31 Å². The number of carbonyl (C=O) groups is 2. The van der Waals surface area contributed by atoms with E-state index in [1.807, 2.05) is 0 Å². The van der Waals surface area contributed by atoms with Crippen LogP contribution in [0.15, 0.2) is 44.5 Å². The van der Waals surface area contributed by atoms with Crippen molar-refractivity contribution in [3.8, 4) is 0 Å². The lowest BCUT2D eigenvalue weighted by atomic mass is 9.99. The summed E-state index contributed by atoms with van der Waals surface area (Å²) in [6, 6.07) is 6.45. The summed E-state index contributed by atoms with van der Waals surface area (Å²) in [5, 5.41) is 7.12. The quantitative estimate of drug-likeness (QED) is 0.668. The minimum Gasteiger partial charge on any atom is -0.459 e. The number of carbonyl (C=O) groups excluding carboxylic acids is 2. The Morgan fingerprint density at radius 1 is 1.22 bits per heavy atom. The number of hydrogen-bond donors (Lipinski definition) is 2. The van der Waals surface area contributed by atoms with E-state index in [1.54, 1.807) is 29.6 Å². The van der Waals surface area contributed by atoms with Crippen LogP contribution in [0.4, 0.5) is 0 Å².